The van der Waals surface area contributed by atoms with Gasteiger partial charge in [-0.1, -0.05) is 0 Å². The first kappa shape index (κ1) is 12.5. The van der Waals surface area contributed by atoms with E-state index >= 15 is 0 Å². The molecular formula is C10H15F3NP. The first-order valence-electron chi connectivity index (χ1n) is 4.78. The van der Waals surface area contributed by atoms with Crippen LogP contribution in [0.2, 0.25) is 0 Å². The Bertz CT molecular complexity index is 318. The minimum atomic E-state index is -6.36. The topological polar surface area (TPSA) is 12.0 Å². The Hall–Kier alpha value is -0.600. The van der Waals surface area contributed by atoms with E-state index in [0.29, 0.717) is 0 Å². The molecule has 86 valence electrons. The Morgan fingerprint density at radius 2 is 1.67 bits per heavy atom. The zero-order valence-electron chi connectivity index (χ0n) is 8.75. The van der Waals surface area contributed by atoms with Gasteiger partial charge in [0.25, 0.3) is 0 Å². The van der Waals surface area contributed by atoms with Gasteiger partial charge in [-0.05, 0) is 0 Å². The zero-order valence-corrected chi connectivity index (χ0v) is 9.65. The van der Waals surface area contributed by atoms with Crippen molar-refractivity contribution in [2.24, 2.45) is 5.92 Å². The van der Waals surface area contributed by atoms with Gasteiger partial charge in [0.05, 0.1) is 0 Å². The molecule has 0 unspecified atom stereocenters. The maximum absolute atomic E-state index is 13.6. The predicted octanol–water partition coefficient (Wildman–Crippen LogP) is 3.68. The van der Waals surface area contributed by atoms with E-state index in [1.54, 1.807) is 25.0 Å². The van der Waals surface area contributed by atoms with E-state index in [2.05, 4.69) is 0 Å². The molecule has 0 saturated heterocycles. The summed E-state index contributed by atoms with van der Waals surface area (Å²) in [6, 6.07) is 6.63. The Labute approximate surface area is 88.0 Å². The molecule has 0 atom stereocenters. The standard InChI is InChI=1S/C10H15F3NP/c1-9(2)8-14-15(11,12,13)10-6-4-3-5-7-10/h3-7,9,14H,8H2,1-2H3. The monoisotopic (exact) mass is 237 g/mol. The van der Waals surface area contributed by atoms with E-state index in [1.165, 1.54) is 12.1 Å². The van der Waals surface area contributed by atoms with Gasteiger partial charge in [0, 0.05) is 0 Å². The number of rotatable bonds is 4. The van der Waals surface area contributed by atoms with Gasteiger partial charge in [0.1, 0.15) is 0 Å². The van der Waals surface area contributed by atoms with Gasteiger partial charge in [0.2, 0.25) is 0 Å². The van der Waals surface area contributed by atoms with E-state index in [1.807, 2.05) is 0 Å². The summed E-state index contributed by atoms with van der Waals surface area (Å²) in [6.07, 6.45) is 0. The normalized spacial score (nSPS) is 14.9. The van der Waals surface area contributed by atoms with Crippen LogP contribution in [-0.4, -0.2) is 6.54 Å². The molecular weight excluding hydrogens is 222 g/mol. The minimum absolute atomic E-state index is 0.0162. The average Bonchev–Trinajstić information content (AvgIpc) is 2.16. The van der Waals surface area contributed by atoms with Crippen LogP contribution in [0, 0.1) is 5.92 Å². The van der Waals surface area contributed by atoms with Gasteiger partial charge in [-0.2, -0.15) is 0 Å². The van der Waals surface area contributed by atoms with Crippen molar-refractivity contribution in [3.05, 3.63) is 30.3 Å². The number of benzene rings is 1. The quantitative estimate of drug-likeness (QED) is 0.787. The van der Waals surface area contributed by atoms with Gasteiger partial charge in [0.15, 0.2) is 0 Å². The molecule has 15 heavy (non-hydrogen) atoms. The van der Waals surface area contributed by atoms with Crippen molar-refractivity contribution in [3.8, 4) is 0 Å². The Morgan fingerprint density at radius 3 is 2.13 bits per heavy atom. The Balaban J connectivity index is 2.88. The fraction of sp³-hybridized carbons (Fsp3) is 0.400. The van der Waals surface area contributed by atoms with Crippen molar-refractivity contribution < 1.29 is 12.6 Å². The van der Waals surface area contributed by atoms with Crippen LogP contribution in [0.3, 0.4) is 0 Å². The number of hydrogen-bond donors (Lipinski definition) is 1. The summed E-state index contributed by atoms with van der Waals surface area (Å²) in [5, 5.41) is 1.24. The molecule has 0 radical (unpaired) electrons. The molecule has 0 bridgehead atoms. The van der Waals surface area contributed by atoms with Crippen LogP contribution >= 0.6 is 7.69 Å². The summed E-state index contributed by atoms with van der Waals surface area (Å²) in [5.41, 5.74) is 0. The summed E-state index contributed by atoms with van der Waals surface area (Å²) < 4.78 is 40.7. The van der Waals surface area contributed by atoms with E-state index < -0.39 is 13.0 Å². The first-order chi connectivity index (χ1) is 6.80. The fourth-order valence-corrected chi connectivity index (χ4v) is 2.60. The molecule has 1 aromatic rings. The third-order valence-corrected chi connectivity index (χ3v) is 3.78. The molecule has 0 saturated carbocycles. The van der Waals surface area contributed by atoms with Crippen molar-refractivity contribution in [1.82, 2.24) is 5.09 Å². The van der Waals surface area contributed by atoms with E-state index in [-0.39, 0.29) is 12.5 Å². The van der Waals surface area contributed by atoms with Crippen LogP contribution in [0.4, 0.5) is 12.6 Å². The van der Waals surface area contributed by atoms with E-state index in [9.17, 15) is 12.6 Å². The second-order valence-corrected chi connectivity index (χ2v) is 6.36. The van der Waals surface area contributed by atoms with Crippen molar-refractivity contribution in [2.45, 2.75) is 13.8 Å². The van der Waals surface area contributed by atoms with Crippen LogP contribution in [0.1, 0.15) is 13.8 Å². The second kappa shape index (κ2) is 4.11. The van der Waals surface area contributed by atoms with Gasteiger partial charge in [-0.25, -0.2) is 0 Å². The third-order valence-electron chi connectivity index (χ3n) is 1.94. The third kappa shape index (κ3) is 3.47. The van der Waals surface area contributed by atoms with Crippen molar-refractivity contribution in [1.29, 1.82) is 0 Å². The summed E-state index contributed by atoms with van der Waals surface area (Å²) in [5.74, 6) is -0.0162. The molecule has 1 rings (SSSR count). The van der Waals surface area contributed by atoms with E-state index in [4.69, 9.17) is 0 Å². The second-order valence-electron chi connectivity index (χ2n) is 3.90. The molecule has 0 aromatic heterocycles. The zero-order chi connectivity index (χ0) is 11.6. The summed E-state index contributed by atoms with van der Waals surface area (Å²) in [7, 11) is -6.36. The molecule has 0 spiro atoms. The molecule has 0 fully saturated rings. The summed E-state index contributed by atoms with van der Waals surface area (Å²) in [4.78, 5) is 0. The molecule has 1 N–H and O–H groups in total. The van der Waals surface area contributed by atoms with E-state index in [0.717, 1.165) is 12.1 Å². The van der Waals surface area contributed by atoms with Crippen molar-refractivity contribution in [2.75, 3.05) is 6.54 Å². The maximum atomic E-state index is 13.6. The fourth-order valence-electron chi connectivity index (χ4n) is 1.09. The van der Waals surface area contributed by atoms with Crippen LogP contribution in [0.15, 0.2) is 30.3 Å². The van der Waals surface area contributed by atoms with Crippen LogP contribution < -0.4 is 10.4 Å². The van der Waals surface area contributed by atoms with Gasteiger partial charge in [-0.3, -0.25) is 0 Å². The molecule has 0 amide bonds. The molecule has 1 nitrogen and oxygen atoms in total. The number of nitrogens with one attached hydrogen (secondary N) is 1. The molecule has 0 aliphatic rings. The summed E-state index contributed by atoms with van der Waals surface area (Å²) in [6.45, 7) is 3.48. The average molecular weight is 237 g/mol. The number of halogens is 3. The van der Waals surface area contributed by atoms with Gasteiger partial charge < -0.3 is 0 Å². The molecule has 0 aliphatic heterocycles. The van der Waals surface area contributed by atoms with Crippen LogP contribution in [0.25, 0.3) is 0 Å². The first-order valence-corrected chi connectivity index (χ1v) is 6.69. The van der Waals surface area contributed by atoms with Crippen LogP contribution in [-0.2, 0) is 0 Å². The Kier molecular flexibility index (Phi) is 3.41. The van der Waals surface area contributed by atoms with Crippen molar-refractivity contribution in [3.63, 3.8) is 0 Å². The molecule has 5 heteroatoms. The molecule has 0 aliphatic carbocycles. The van der Waals surface area contributed by atoms with Crippen LogP contribution in [0.5, 0.6) is 0 Å². The Morgan fingerprint density at radius 1 is 1.13 bits per heavy atom. The number of hydrogen-bond acceptors (Lipinski definition) is 1. The van der Waals surface area contributed by atoms with Gasteiger partial charge in [-0.15, -0.1) is 0 Å². The molecule has 1 aromatic carbocycles. The van der Waals surface area contributed by atoms with Crippen molar-refractivity contribution >= 4 is 13.0 Å². The summed E-state index contributed by atoms with van der Waals surface area (Å²) >= 11 is 0. The predicted molar refractivity (Wildman–Crippen MR) is 59.2 cm³/mol. The molecule has 0 heterocycles. The van der Waals surface area contributed by atoms with Gasteiger partial charge >= 0.3 is 87.3 Å². The SMILES string of the molecule is CC(C)CNP(F)(F)(F)c1ccccc1.